The number of carbonyl (C=O) groups is 1. The Morgan fingerprint density at radius 2 is 2.12 bits per heavy atom. The molecule has 10 nitrogen and oxygen atoms in total. The summed E-state index contributed by atoms with van der Waals surface area (Å²) in [5, 5.41) is 6.93. The van der Waals surface area contributed by atoms with Crippen LogP contribution in [-0.2, 0) is 11.8 Å². The SMILES string of the molecule is CNC(=O)COc1cc2cc(Nc3nc(N4CC5CC4CN5I)ncc3Cl)ccc2n(C)c1=O. The highest BCUT2D eigenvalue weighted by atomic mass is 127. The number of likely N-dealkylation sites (N-methyl/N-ethyl adjacent to an activating group) is 1. The summed E-state index contributed by atoms with van der Waals surface area (Å²) in [4.78, 5) is 35.5. The van der Waals surface area contributed by atoms with Gasteiger partial charge in [-0.25, -0.2) is 8.10 Å². The summed E-state index contributed by atoms with van der Waals surface area (Å²) in [6.07, 6.45) is 2.74. The Balaban J connectivity index is 1.42. The number of aromatic nitrogens is 3. The van der Waals surface area contributed by atoms with Crippen LogP contribution < -0.4 is 25.8 Å². The first-order valence-electron chi connectivity index (χ1n) is 10.8. The van der Waals surface area contributed by atoms with E-state index in [2.05, 4.69) is 46.5 Å². The van der Waals surface area contributed by atoms with Crippen LogP contribution in [0.15, 0.2) is 35.3 Å². The number of carbonyl (C=O) groups excluding carboxylic acids is 1. The molecule has 2 saturated heterocycles. The summed E-state index contributed by atoms with van der Waals surface area (Å²) in [6, 6.07) is 8.14. The van der Waals surface area contributed by atoms with Crippen molar-refractivity contribution in [2.45, 2.75) is 18.5 Å². The number of amides is 1. The van der Waals surface area contributed by atoms with Gasteiger partial charge in [0.05, 0.1) is 11.7 Å². The summed E-state index contributed by atoms with van der Waals surface area (Å²) in [7, 11) is 3.18. The average molecular weight is 596 g/mol. The fourth-order valence-electron chi connectivity index (χ4n) is 4.43. The molecule has 1 amide bonds. The number of nitrogens with one attached hydrogen (secondary N) is 2. The maximum absolute atomic E-state index is 12.6. The standard InChI is InChI=1S/C22H23ClIN7O3/c1-25-19(32)11-34-18-6-12-5-13(3-4-17(12)29(2)21(18)33)27-20-16(23)8-26-22(28-20)30-9-15-7-14(30)10-31(15)24/h3-6,8,14-15H,7,9-11H2,1-2H3,(H,25,32)(H,26,27,28). The Morgan fingerprint density at radius 3 is 2.82 bits per heavy atom. The summed E-state index contributed by atoms with van der Waals surface area (Å²) in [6.45, 7) is 1.66. The van der Waals surface area contributed by atoms with Gasteiger partial charge < -0.3 is 24.8 Å². The number of ether oxygens (including phenoxy) is 1. The van der Waals surface area contributed by atoms with Crippen molar-refractivity contribution in [1.29, 1.82) is 0 Å². The Hall–Kier alpha value is -2.64. The summed E-state index contributed by atoms with van der Waals surface area (Å²) in [5.41, 5.74) is 1.16. The van der Waals surface area contributed by atoms with Crippen LogP contribution in [0.3, 0.4) is 0 Å². The second-order valence-corrected chi connectivity index (χ2v) is 10.0. The summed E-state index contributed by atoms with van der Waals surface area (Å²) < 4.78 is 9.29. The Kier molecular flexibility index (Phi) is 6.25. The van der Waals surface area contributed by atoms with E-state index in [1.54, 1.807) is 19.3 Å². The van der Waals surface area contributed by atoms with Crippen LogP contribution in [0.25, 0.3) is 10.9 Å². The number of fused-ring (bicyclic) bond motifs is 3. The minimum Gasteiger partial charge on any atom is -0.478 e. The monoisotopic (exact) mass is 595 g/mol. The molecule has 2 bridgehead atoms. The molecule has 4 heterocycles. The number of pyridine rings is 1. The van der Waals surface area contributed by atoms with Crippen molar-refractivity contribution in [1.82, 2.24) is 23.0 Å². The van der Waals surface area contributed by atoms with E-state index in [-0.39, 0.29) is 23.8 Å². The molecule has 2 aromatic heterocycles. The van der Waals surface area contributed by atoms with E-state index in [9.17, 15) is 9.59 Å². The van der Waals surface area contributed by atoms with E-state index in [0.29, 0.717) is 28.9 Å². The molecule has 2 aliphatic rings. The largest absolute Gasteiger partial charge is 0.478 e. The predicted octanol–water partition coefficient (Wildman–Crippen LogP) is 2.46. The van der Waals surface area contributed by atoms with Crippen LogP contribution >= 0.6 is 34.5 Å². The molecule has 5 rings (SSSR count). The third-order valence-electron chi connectivity index (χ3n) is 6.25. The van der Waals surface area contributed by atoms with Crippen LogP contribution in [0, 0.1) is 0 Å². The van der Waals surface area contributed by atoms with Crippen LogP contribution in [-0.4, -0.2) is 62.4 Å². The molecule has 0 aliphatic carbocycles. The van der Waals surface area contributed by atoms with E-state index in [4.69, 9.17) is 21.3 Å². The average Bonchev–Trinajstić information content (AvgIpc) is 3.41. The van der Waals surface area contributed by atoms with Crippen molar-refractivity contribution in [3.8, 4) is 5.75 Å². The van der Waals surface area contributed by atoms with Crippen molar-refractivity contribution in [3.05, 3.63) is 45.8 Å². The highest BCUT2D eigenvalue weighted by molar-refractivity contribution is 14.1. The van der Waals surface area contributed by atoms with Crippen LogP contribution in [0.1, 0.15) is 6.42 Å². The van der Waals surface area contributed by atoms with Gasteiger partial charge in [0.25, 0.3) is 11.5 Å². The number of hydrogen-bond donors (Lipinski definition) is 2. The summed E-state index contributed by atoms with van der Waals surface area (Å²) in [5.74, 6) is 0.966. The minimum atomic E-state index is -0.316. The van der Waals surface area contributed by atoms with Crippen LogP contribution in [0.5, 0.6) is 5.75 Å². The summed E-state index contributed by atoms with van der Waals surface area (Å²) >= 11 is 8.80. The molecule has 1 aromatic carbocycles. The van der Waals surface area contributed by atoms with Gasteiger partial charge in [-0.05, 0) is 30.7 Å². The molecule has 34 heavy (non-hydrogen) atoms. The van der Waals surface area contributed by atoms with Gasteiger partial charge in [-0.15, -0.1) is 0 Å². The van der Waals surface area contributed by atoms with E-state index >= 15 is 0 Å². The number of benzene rings is 1. The smallest absolute Gasteiger partial charge is 0.293 e. The lowest BCUT2D eigenvalue weighted by Crippen LogP contribution is -2.43. The van der Waals surface area contributed by atoms with Crippen molar-refractivity contribution in [2.24, 2.45) is 7.05 Å². The second-order valence-electron chi connectivity index (χ2n) is 8.38. The number of piperazine rings is 1. The van der Waals surface area contributed by atoms with Crippen LogP contribution in [0.2, 0.25) is 5.02 Å². The van der Waals surface area contributed by atoms with Gasteiger partial charge in [-0.1, -0.05) is 11.6 Å². The predicted molar refractivity (Wildman–Crippen MR) is 139 cm³/mol. The maximum Gasteiger partial charge on any atom is 0.293 e. The number of nitrogens with zero attached hydrogens (tertiary/aromatic N) is 5. The molecule has 2 fully saturated rings. The van der Waals surface area contributed by atoms with Gasteiger partial charge in [0, 0.05) is 73.2 Å². The third-order valence-corrected chi connectivity index (χ3v) is 7.71. The fourth-order valence-corrected chi connectivity index (χ4v) is 5.43. The van der Waals surface area contributed by atoms with Gasteiger partial charge in [0.1, 0.15) is 5.02 Å². The number of hydrogen-bond acceptors (Lipinski definition) is 8. The normalized spacial score (nSPS) is 19.6. The first-order valence-corrected chi connectivity index (χ1v) is 12.1. The zero-order valence-corrected chi connectivity index (χ0v) is 21.5. The Morgan fingerprint density at radius 1 is 1.29 bits per heavy atom. The zero-order chi connectivity index (χ0) is 24.0. The fraction of sp³-hybridized carbons (Fsp3) is 0.364. The zero-order valence-electron chi connectivity index (χ0n) is 18.6. The molecule has 0 saturated carbocycles. The number of rotatable bonds is 6. The molecular weight excluding hydrogens is 573 g/mol. The molecular formula is C22H23ClIN7O3. The molecule has 178 valence electrons. The number of halogens is 2. The van der Waals surface area contributed by atoms with Gasteiger partial charge in [-0.2, -0.15) is 4.98 Å². The topological polar surface area (TPSA) is 105 Å². The Bertz CT molecular complexity index is 1330. The molecule has 12 heteroatoms. The van der Waals surface area contributed by atoms with E-state index in [0.717, 1.165) is 36.1 Å². The van der Waals surface area contributed by atoms with Gasteiger partial charge in [0.2, 0.25) is 5.95 Å². The lowest BCUT2D eigenvalue weighted by atomic mass is 10.2. The molecule has 3 aromatic rings. The third kappa shape index (κ3) is 4.27. The van der Waals surface area contributed by atoms with Gasteiger partial charge >= 0.3 is 0 Å². The maximum atomic E-state index is 12.6. The molecule has 2 atom stereocenters. The van der Waals surface area contributed by atoms with Crippen molar-refractivity contribution < 1.29 is 9.53 Å². The second kappa shape index (κ2) is 9.19. The van der Waals surface area contributed by atoms with E-state index in [1.165, 1.54) is 11.6 Å². The quantitative estimate of drug-likeness (QED) is 0.331. The van der Waals surface area contributed by atoms with Crippen molar-refractivity contribution in [3.63, 3.8) is 0 Å². The molecule has 2 N–H and O–H groups in total. The van der Waals surface area contributed by atoms with E-state index in [1.807, 2.05) is 18.2 Å². The first kappa shape index (κ1) is 23.1. The minimum absolute atomic E-state index is 0.103. The lowest BCUT2D eigenvalue weighted by Gasteiger charge is -2.30. The van der Waals surface area contributed by atoms with Gasteiger partial charge in [0.15, 0.2) is 18.2 Å². The van der Waals surface area contributed by atoms with Gasteiger partial charge in [-0.3, -0.25) is 9.59 Å². The molecule has 0 spiro atoms. The van der Waals surface area contributed by atoms with Crippen molar-refractivity contribution >= 4 is 68.7 Å². The molecule has 0 radical (unpaired) electrons. The first-order chi connectivity index (χ1) is 16.3. The molecule has 2 aliphatic heterocycles. The Labute approximate surface area is 214 Å². The lowest BCUT2D eigenvalue weighted by molar-refractivity contribution is -0.122. The molecule has 2 unspecified atom stereocenters. The highest BCUT2D eigenvalue weighted by Crippen LogP contribution is 2.36. The van der Waals surface area contributed by atoms with Crippen molar-refractivity contribution in [2.75, 3.05) is 37.0 Å². The number of anilines is 3. The van der Waals surface area contributed by atoms with Crippen LogP contribution in [0.4, 0.5) is 17.5 Å². The highest BCUT2D eigenvalue weighted by Gasteiger charge is 2.43. The van der Waals surface area contributed by atoms with E-state index < -0.39 is 0 Å². The number of aryl methyl sites for hydroxylation is 1.